The van der Waals surface area contributed by atoms with Crippen molar-refractivity contribution in [2.45, 2.75) is 13.6 Å². The molecule has 0 saturated heterocycles. The van der Waals surface area contributed by atoms with Crippen LogP contribution in [0.1, 0.15) is 5.56 Å². The van der Waals surface area contributed by atoms with E-state index in [-0.39, 0.29) is 0 Å². The van der Waals surface area contributed by atoms with E-state index in [0.29, 0.717) is 16.5 Å². The summed E-state index contributed by atoms with van der Waals surface area (Å²) in [5, 5.41) is 4.03. The fourth-order valence-electron chi connectivity index (χ4n) is 2.12. The van der Waals surface area contributed by atoms with Crippen molar-refractivity contribution in [2.75, 3.05) is 5.32 Å². The second kappa shape index (κ2) is 5.31. The van der Waals surface area contributed by atoms with Crippen LogP contribution in [0.4, 0.5) is 5.69 Å². The van der Waals surface area contributed by atoms with Crippen molar-refractivity contribution in [3.8, 4) is 0 Å². The van der Waals surface area contributed by atoms with Gasteiger partial charge in [-0.1, -0.05) is 29.8 Å². The van der Waals surface area contributed by atoms with Gasteiger partial charge in [0.05, 0.1) is 12.2 Å². The van der Waals surface area contributed by atoms with E-state index in [1.165, 1.54) is 5.56 Å². The summed E-state index contributed by atoms with van der Waals surface area (Å²) in [4.78, 5) is 0.434. The summed E-state index contributed by atoms with van der Waals surface area (Å²) >= 11 is 11.3. The third-order valence-electron chi connectivity index (χ3n) is 3.20. The molecule has 2 aromatic carbocycles. The molecule has 0 bridgehead atoms. The third-order valence-corrected chi connectivity index (χ3v) is 3.74. The molecule has 3 nitrogen and oxygen atoms in total. The van der Waals surface area contributed by atoms with Crippen molar-refractivity contribution in [2.24, 2.45) is 0 Å². The van der Waals surface area contributed by atoms with Crippen molar-refractivity contribution in [3.05, 3.63) is 57.9 Å². The van der Waals surface area contributed by atoms with Crippen LogP contribution >= 0.6 is 23.8 Å². The number of benzene rings is 2. The maximum atomic E-state index is 6.03. The highest BCUT2D eigenvalue weighted by Crippen LogP contribution is 2.22. The molecule has 5 heteroatoms. The Kier molecular flexibility index (Phi) is 3.51. The first-order valence-corrected chi connectivity index (χ1v) is 7.02. The Hall–Kier alpha value is -1.78. The van der Waals surface area contributed by atoms with Crippen LogP contribution in [-0.4, -0.2) is 4.57 Å². The molecule has 3 aromatic rings. The molecule has 3 rings (SSSR count). The van der Waals surface area contributed by atoms with E-state index in [9.17, 15) is 0 Å². The van der Waals surface area contributed by atoms with Gasteiger partial charge in [-0.05, 0) is 49.0 Å². The predicted molar refractivity (Wildman–Crippen MR) is 84.8 cm³/mol. The van der Waals surface area contributed by atoms with Gasteiger partial charge < -0.3 is 9.73 Å². The molecule has 0 unspecified atom stereocenters. The number of hydrogen-bond donors (Lipinski definition) is 1. The molecule has 0 amide bonds. The lowest BCUT2D eigenvalue weighted by Crippen LogP contribution is -2.08. The quantitative estimate of drug-likeness (QED) is 0.691. The van der Waals surface area contributed by atoms with Gasteiger partial charge in [-0.2, -0.15) is 0 Å². The first-order chi connectivity index (χ1) is 9.65. The number of anilines is 1. The van der Waals surface area contributed by atoms with E-state index in [2.05, 4.69) is 18.3 Å². The molecule has 0 aliphatic carbocycles. The number of hydrogen-bond acceptors (Lipinski definition) is 3. The fourth-order valence-corrected chi connectivity index (χ4v) is 2.54. The van der Waals surface area contributed by atoms with E-state index in [4.69, 9.17) is 28.2 Å². The van der Waals surface area contributed by atoms with Gasteiger partial charge in [0.1, 0.15) is 0 Å². The Balaban J connectivity index is 1.95. The summed E-state index contributed by atoms with van der Waals surface area (Å²) in [6.45, 7) is 2.60. The Bertz CT molecular complexity index is 822. The van der Waals surface area contributed by atoms with Crippen LogP contribution in [0.3, 0.4) is 0 Å². The van der Waals surface area contributed by atoms with Gasteiger partial charge in [-0.15, -0.1) is 0 Å². The van der Waals surface area contributed by atoms with Gasteiger partial charge in [0.25, 0.3) is 4.84 Å². The van der Waals surface area contributed by atoms with Crippen LogP contribution in [0.2, 0.25) is 5.02 Å². The molecule has 1 heterocycles. The van der Waals surface area contributed by atoms with E-state index < -0.39 is 0 Å². The summed E-state index contributed by atoms with van der Waals surface area (Å²) < 4.78 is 7.44. The SMILES string of the molecule is Cc1ccccc1NCn1c(=S)oc2ccc(Cl)cc21. The molecule has 0 saturated carbocycles. The highest BCUT2D eigenvalue weighted by Gasteiger charge is 2.07. The van der Waals surface area contributed by atoms with Gasteiger partial charge in [0.15, 0.2) is 5.58 Å². The van der Waals surface area contributed by atoms with Crippen molar-refractivity contribution in [1.29, 1.82) is 0 Å². The van der Waals surface area contributed by atoms with Crippen molar-refractivity contribution >= 4 is 40.6 Å². The fraction of sp³-hybridized carbons (Fsp3) is 0.133. The standard InChI is InChI=1S/C15H13ClN2OS/c1-10-4-2-3-5-12(10)17-9-18-13-8-11(16)6-7-14(13)19-15(18)20/h2-8,17H,9H2,1H3. The number of fused-ring (bicyclic) bond motifs is 1. The average Bonchev–Trinajstić information content (AvgIpc) is 2.73. The Morgan fingerprint density at radius 2 is 2.05 bits per heavy atom. The zero-order chi connectivity index (χ0) is 14.1. The number of halogens is 1. The molecule has 0 spiro atoms. The van der Waals surface area contributed by atoms with Crippen LogP contribution in [0.5, 0.6) is 0 Å². The molecule has 0 atom stereocenters. The van der Waals surface area contributed by atoms with Crippen molar-refractivity contribution in [1.82, 2.24) is 4.57 Å². The predicted octanol–water partition coefficient (Wildman–Crippen LogP) is 5.00. The molecule has 0 aliphatic heterocycles. The highest BCUT2D eigenvalue weighted by atomic mass is 35.5. The Labute approximate surface area is 126 Å². The van der Waals surface area contributed by atoms with E-state index in [1.807, 2.05) is 34.9 Å². The van der Waals surface area contributed by atoms with Gasteiger partial charge in [0, 0.05) is 10.7 Å². The van der Waals surface area contributed by atoms with Crippen molar-refractivity contribution in [3.63, 3.8) is 0 Å². The summed E-state index contributed by atoms with van der Waals surface area (Å²) in [5.74, 6) is 0. The van der Waals surface area contributed by atoms with Crippen LogP contribution in [0.15, 0.2) is 46.9 Å². The van der Waals surface area contributed by atoms with Crippen LogP contribution in [0, 0.1) is 11.8 Å². The largest absolute Gasteiger partial charge is 0.429 e. The third kappa shape index (κ3) is 2.44. The van der Waals surface area contributed by atoms with Crippen LogP contribution in [-0.2, 0) is 6.67 Å². The lowest BCUT2D eigenvalue weighted by atomic mass is 10.2. The van der Waals surface area contributed by atoms with Crippen molar-refractivity contribution < 1.29 is 4.42 Å². The van der Waals surface area contributed by atoms with E-state index in [1.54, 1.807) is 6.07 Å². The molecule has 1 aromatic heterocycles. The normalized spacial score (nSPS) is 10.9. The summed E-state index contributed by atoms with van der Waals surface area (Å²) in [5.41, 5.74) is 3.89. The molecule has 0 fully saturated rings. The first kappa shape index (κ1) is 13.2. The maximum absolute atomic E-state index is 6.03. The minimum atomic E-state index is 0.434. The van der Waals surface area contributed by atoms with Crippen LogP contribution < -0.4 is 5.32 Å². The summed E-state index contributed by atoms with van der Waals surface area (Å²) in [6, 6.07) is 13.6. The van der Waals surface area contributed by atoms with E-state index >= 15 is 0 Å². The number of aromatic nitrogens is 1. The molecular formula is C15H13ClN2OS. The number of nitrogens with zero attached hydrogens (tertiary/aromatic N) is 1. The summed E-state index contributed by atoms with van der Waals surface area (Å²) in [6.07, 6.45) is 0. The molecule has 1 N–H and O–H groups in total. The average molecular weight is 305 g/mol. The first-order valence-electron chi connectivity index (χ1n) is 6.23. The van der Waals surface area contributed by atoms with Gasteiger partial charge in [-0.25, -0.2) is 0 Å². The number of para-hydroxylation sites is 1. The maximum Gasteiger partial charge on any atom is 0.271 e. The topological polar surface area (TPSA) is 30.1 Å². The molecule has 102 valence electrons. The lowest BCUT2D eigenvalue weighted by molar-refractivity contribution is 0.546. The van der Waals surface area contributed by atoms with Gasteiger partial charge in [-0.3, -0.25) is 4.57 Å². The zero-order valence-electron chi connectivity index (χ0n) is 10.9. The second-order valence-electron chi connectivity index (χ2n) is 4.56. The van der Waals surface area contributed by atoms with Crippen LogP contribution in [0.25, 0.3) is 11.1 Å². The number of oxazole rings is 1. The Morgan fingerprint density at radius 3 is 2.85 bits per heavy atom. The smallest absolute Gasteiger partial charge is 0.271 e. The monoisotopic (exact) mass is 304 g/mol. The zero-order valence-corrected chi connectivity index (χ0v) is 12.5. The minimum Gasteiger partial charge on any atom is -0.429 e. The lowest BCUT2D eigenvalue weighted by Gasteiger charge is -2.10. The molecule has 0 radical (unpaired) electrons. The minimum absolute atomic E-state index is 0.434. The number of nitrogens with one attached hydrogen (secondary N) is 1. The molecule has 20 heavy (non-hydrogen) atoms. The Morgan fingerprint density at radius 1 is 1.25 bits per heavy atom. The number of rotatable bonds is 3. The molecule has 0 aliphatic rings. The highest BCUT2D eigenvalue weighted by molar-refractivity contribution is 7.71. The number of aryl methyl sites for hydroxylation is 1. The van der Waals surface area contributed by atoms with Gasteiger partial charge in [0.2, 0.25) is 0 Å². The van der Waals surface area contributed by atoms with E-state index in [0.717, 1.165) is 16.8 Å². The second-order valence-corrected chi connectivity index (χ2v) is 5.34. The molecular weight excluding hydrogens is 292 g/mol. The summed E-state index contributed by atoms with van der Waals surface area (Å²) in [7, 11) is 0. The van der Waals surface area contributed by atoms with Gasteiger partial charge >= 0.3 is 0 Å².